The number of hydrogen-bond donors (Lipinski definition) is 1. The van der Waals surface area contributed by atoms with Crippen LogP contribution in [0.2, 0.25) is 0 Å². The molecule has 0 atom stereocenters. The highest BCUT2D eigenvalue weighted by Crippen LogP contribution is 2.26. The predicted molar refractivity (Wildman–Crippen MR) is 45.4 cm³/mol. The summed E-state index contributed by atoms with van der Waals surface area (Å²) in [5.41, 5.74) is 7.17. The lowest BCUT2D eigenvalue weighted by atomic mass is 10.6. The first-order valence-corrected chi connectivity index (χ1v) is 4.54. The normalized spacial score (nSPS) is 10.2. The Bertz CT molecular complexity index is 339. The Morgan fingerprint density at radius 3 is 2.82 bits per heavy atom. The molecule has 0 radical (unpaired) electrons. The number of anilines is 1. The van der Waals surface area contributed by atoms with E-state index in [0.717, 1.165) is 9.88 Å². The van der Waals surface area contributed by atoms with Crippen molar-refractivity contribution in [1.29, 1.82) is 0 Å². The van der Waals surface area contributed by atoms with E-state index in [9.17, 15) is 0 Å². The van der Waals surface area contributed by atoms with Gasteiger partial charge in [-0.1, -0.05) is 11.3 Å². The van der Waals surface area contributed by atoms with E-state index in [2.05, 4.69) is 15.2 Å². The summed E-state index contributed by atoms with van der Waals surface area (Å²) >= 11 is 2.90. The minimum atomic E-state index is 0.494. The van der Waals surface area contributed by atoms with Gasteiger partial charge in [0.15, 0.2) is 5.01 Å². The van der Waals surface area contributed by atoms with Crippen LogP contribution in [0.5, 0.6) is 0 Å². The van der Waals surface area contributed by atoms with E-state index in [1.807, 2.05) is 0 Å². The van der Waals surface area contributed by atoms with E-state index in [0.29, 0.717) is 5.13 Å². The smallest absolute Gasteiger partial charge is 0.203 e. The molecule has 0 aliphatic heterocycles. The Kier molecular flexibility index (Phi) is 1.55. The standard InChI is InChI=1S/C5H4N4S2/c6-5-9-8-4(11-5)3-1-7-2-10-3/h1-2H,(H2,6,9). The van der Waals surface area contributed by atoms with Crippen molar-refractivity contribution in [3.63, 3.8) is 0 Å². The summed E-state index contributed by atoms with van der Waals surface area (Å²) < 4.78 is 0. The van der Waals surface area contributed by atoms with Gasteiger partial charge in [0.25, 0.3) is 0 Å². The maximum absolute atomic E-state index is 5.41. The molecular weight excluding hydrogens is 180 g/mol. The lowest BCUT2D eigenvalue weighted by Gasteiger charge is -1.80. The van der Waals surface area contributed by atoms with Gasteiger partial charge < -0.3 is 5.73 Å². The molecule has 56 valence electrons. The predicted octanol–water partition coefficient (Wildman–Crippen LogP) is 1.24. The molecule has 6 heteroatoms. The van der Waals surface area contributed by atoms with Crippen LogP contribution >= 0.6 is 22.7 Å². The van der Waals surface area contributed by atoms with Gasteiger partial charge in [0, 0.05) is 6.20 Å². The largest absolute Gasteiger partial charge is 0.374 e. The first-order valence-electron chi connectivity index (χ1n) is 2.84. The van der Waals surface area contributed by atoms with Crippen LogP contribution < -0.4 is 5.73 Å². The molecule has 0 amide bonds. The van der Waals surface area contributed by atoms with Crippen LogP contribution in [0, 0.1) is 0 Å². The van der Waals surface area contributed by atoms with Gasteiger partial charge in [0.2, 0.25) is 5.13 Å². The molecule has 0 saturated carbocycles. The lowest BCUT2D eigenvalue weighted by Crippen LogP contribution is -1.79. The van der Waals surface area contributed by atoms with Crippen molar-refractivity contribution >= 4 is 27.8 Å². The molecular formula is C5H4N4S2. The molecule has 2 aromatic heterocycles. The number of rotatable bonds is 1. The van der Waals surface area contributed by atoms with Gasteiger partial charge >= 0.3 is 0 Å². The zero-order chi connectivity index (χ0) is 7.68. The summed E-state index contributed by atoms with van der Waals surface area (Å²) in [5, 5.41) is 8.90. The van der Waals surface area contributed by atoms with Crippen molar-refractivity contribution in [2.24, 2.45) is 0 Å². The molecule has 2 heterocycles. The van der Waals surface area contributed by atoms with E-state index >= 15 is 0 Å². The van der Waals surface area contributed by atoms with Gasteiger partial charge in [-0.2, -0.15) is 0 Å². The molecule has 2 rings (SSSR count). The molecule has 4 nitrogen and oxygen atoms in total. The highest BCUT2D eigenvalue weighted by atomic mass is 32.1. The van der Waals surface area contributed by atoms with Crippen LogP contribution in [0.4, 0.5) is 5.13 Å². The molecule has 0 aromatic carbocycles. The van der Waals surface area contributed by atoms with E-state index in [4.69, 9.17) is 5.73 Å². The monoisotopic (exact) mass is 184 g/mol. The second-order valence-corrected chi connectivity index (χ2v) is 3.71. The highest BCUT2D eigenvalue weighted by Gasteiger charge is 2.04. The minimum Gasteiger partial charge on any atom is -0.374 e. The van der Waals surface area contributed by atoms with Crippen molar-refractivity contribution in [3.05, 3.63) is 11.7 Å². The third-order valence-corrected chi connectivity index (χ3v) is 2.78. The van der Waals surface area contributed by atoms with Crippen molar-refractivity contribution in [1.82, 2.24) is 15.2 Å². The maximum atomic E-state index is 5.41. The Morgan fingerprint density at radius 2 is 2.27 bits per heavy atom. The van der Waals surface area contributed by atoms with Gasteiger partial charge in [0.1, 0.15) is 0 Å². The second-order valence-electron chi connectivity index (χ2n) is 1.81. The first-order chi connectivity index (χ1) is 5.36. The van der Waals surface area contributed by atoms with Crippen molar-refractivity contribution in [3.8, 4) is 9.88 Å². The Balaban J connectivity index is 2.45. The topological polar surface area (TPSA) is 64.7 Å². The number of nitrogen functional groups attached to an aromatic ring is 1. The van der Waals surface area contributed by atoms with Crippen molar-refractivity contribution in [2.45, 2.75) is 0 Å². The van der Waals surface area contributed by atoms with Crippen molar-refractivity contribution < 1.29 is 0 Å². The summed E-state index contributed by atoms with van der Waals surface area (Å²) in [4.78, 5) is 4.94. The third-order valence-electron chi connectivity index (χ3n) is 1.08. The number of nitrogens with two attached hydrogens (primary N) is 1. The zero-order valence-corrected chi connectivity index (χ0v) is 7.02. The number of thiazole rings is 1. The number of nitrogens with zero attached hydrogens (tertiary/aromatic N) is 3. The van der Waals surface area contributed by atoms with Crippen LogP contribution in [0.1, 0.15) is 0 Å². The fourth-order valence-electron chi connectivity index (χ4n) is 0.656. The molecule has 0 fully saturated rings. The molecule has 0 spiro atoms. The van der Waals surface area contributed by atoms with Crippen LogP contribution in [0.15, 0.2) is 11.7 Å². The molecule has 0 aliphatic rings. The van der Waals surface area contributed by atoms with Gasteiger partial charge in [-0.05, 0) is 0 Å². The van der Waals surface area contributed by atoms with Crippen LogP contribution in [-0.4, -0.2) is 15.2 Å². The average molecular weight is 184 g/mol. The van der Waals surface area contributed by atoms with Crippen LogP contribution in [-0.2, 0) is 0 Å². The van der Waals surface area contributed by atoms with Gasteiger partial charge in [0.05, 0.1) is 10.4 Å². The molecule has 0 bridgehead atoms. The number of aromatic nitrogens is 3. The molecule has 11 heavy (non-hydrogen) atoms. The van der Waals surface area contributed by atoms with Crippen LogP contribution in [0.25, 0.3) is 9.88 Å². The highest BCUT2D eigenvalue weighted by molar-refractivity contribution is 7.22. The average Bonchev–Trinajstić information content (AvgIpc) is 2.55. The minimum absolute atomic E-state index is 0.494. The summed E-state index contributed by atoms with van der Waals surface area (Å²) in [7, 11) is 0. The Labute approximate surface area is 70.7 Å². The third kappa shape index (κ3) is 1.22. The first kappa shape index (κ1) is 6.68. The summed E-state index contributed by atoms with van der Waals surface area (Å²) in [5.74, 6) is 0. The molecule has 2 aromatic rings. The second kappa shape index (κ2) is 2.55. The van der Waals surface area contributed by atoms with E-state index in [1.165, 1.54) is 22.7 Å². The Hall–Kier alpha value is -1.01. The quantitative estimate of drug-likeness (QED) is 0.724. The van der Waals surface area contributed by atoms with Gasteiger partial charge in [-0.3, -0.25) is 4.98 Å². The zero-order valence-electron chi connectivity index (χ0n) is 5.39. The van der Waals surface area contributed by atoms with E-state index in [-0.39, 0.29) is 0 Å². The van der Waals surface area contributed by atoms with Gasteiger partial charge in [-0.25, -0.2) is 0 Å². The molecule has 0 saturated heterocycles. The number of hydrogen-bond acceptors (Lipinski definition) is 6. The van der Waals surface area contributed by atoms with Crippen LogP contribution in [0.3, 0.4) is 0 Å². The fourth-order valence-corrected chi connectivity index (χ4v) is 1.94. The fraction of sp³-hybridized carbons (Fsp3) is 0. The van der Waals surface area contributed by atoms with E-state index < -0.39 is 0 Å². The van der Waals surface area contributed by atoms with Crippen molar-refractivity contribution in [2.75, 3.05) is 5.73 Å². The molecule has 2 N–H and O–H groups in total. The summed E-state index contributed by atoms with van der Waals surface area (Å²) in [6.07, 6.45) is 1.75. The maximum Gasteiger partial charge on any atom is 0.203 e. The lowest BCUT2D eigenvalue weighted by molar-refractivity contribution is 1.10. The SMILES string of the molecule is Nc1nnc(-c2cncs2)s1. The summed E-state index contributed by atoms with van der Waals surface area (Å²) in [6.45, 7) is 0. The Morgan fingerprint density at radius 1 is 1.36 bits per heavy atom. The van der Waals surface area contributed by atoms with E-state index in [1.54, 1.807) is 11.7 Å². The molecule has 0 unspecified atom stereocenters. The van der Waals surface area contributed by atoms with Gasteiger partial charge in [-0.15, -0.1) is 21.5 Å². The summed E-state index contributed by atoms with van der Waals surface area (Å²) in [6, 6.07) is 0. The molecule has 0 aliphatic carbocycles.